The smallest absolute Gasteiger partial charge is 0.220 e. The minimum atomic E-state index is -0.658. The number of carbonyl (C=O) groups excluding carboxylic acids is 1. The zero-order chi connectivity index (χ0) is 28.7. The van der Waals surface area contributed by atoms with Crippen LogP contribution >= 0.6 is 0 Å². The third-order valence-corrected chi connectivity index (χ3v) is 8.03. The normalized spacial score (nSPS) is 13.2. The highest BCUT2D eigenvalue weighted by molar-refractivity contribution is 5.76. The first-order valence-electron chi connectivity index (χ1n) is 17.4. The maximum Gasteiger partial charge on any atom is 0.220 e. The lowest BCUT2D eigenvalue weighted by Crippen LogP contribution is -2.45. The molecule has 0 radical (unpaired) electrons. The van der Waals surface area contributed by atoms with Crippen molar-refractivity contribution in [2.75, 3.05) is 6.61 Å². The summed E-state index contributed by atoms with van der Waals surface area (Å²) in [7, 11) is 0. The summed E-state index contributed by atoms with van der Waals surface area (Å²) in [5.74, 6) is -0.0463. The predicted octanol–water partition coefficient (Wildman–Crippen LogP) is 9.95. The number of carbonyl (C=O) groups is 1. The lowest BCUT2D eigenvalue weighted by molar-refractivity contribution is -0.123. The molecular formula is C35H69NO3. The molecule has 0 heterocycles. The molecular weight excluding hydrogens is 482 g/mol. The zero-order valence-electron chi connectivity index (χ0n) is 26.4. The van der Waals surface area contributed by atoms with E-state index in [2.05, 4.69) is 31.3 Å². The Morgan fingerprint density at radius 3 is 1.49 bits per heavy atom. The molecule has 0 saturated carbocycles. The van der Waals surface area contributed by atoms with Crippen LogP contribution in [0.25, 0.3) is 0 Å². The highest BCUT2D eigenvalue weighted by Crippen LogP contribution is 2.15. The van der Waals surface area contributed by atoms with E-state index in [9.17, 15) is 15.0 Å². The van der Waals surface area contributed by atoms with Crippen LogP contribution in [0.4, 0.5) is 0 Å². The van der Waals surface area contributed by atoms with Crippen LogP contribution in [-0.2, 0) is 4.79 Å². The van der Waals surface area contributed by atoms with Gasteiger partial charge >= 0.3 is 0 Å². The highest BCUT2D eigenvalue weighted by atomic mass is 16.3. The minimum Gasteiger partial charge on any atom is -0.394 e. The fourth-order valence-electron chi connectivity index (χ4n) is 5.28. The summed E-state index contributed by atoms with van der Waals surface area (Å²) in [5, 5.41) is 23.0. The number of nitrogens with one attached hydrogen (secondary N) is 1. The third kappa shape index (κ3) is 28.5. The van der Waals surface area contributed by atoms with E-state index in [0.717, 1.165) is 38.5 Å². The largest absolute Gasteiger partial charge is 0.394 e. The van der Waals surface area contributed by atoms with Gasteiger partial charge < -0.3 is 15.5 Å². The van der Waals surface area contributed by atoms with Crippen LogP contribution in [-0.4, -0.2) is 34.9 Å². The summed E-state index contributed by atoms with van der Waals surface area (Å²) in [6, 6.07) is -0.535. The summed E-state index contributed by atoms with van der Waals surface area (Å²) in [5.41, 5.74) is 0. The lowest BCUT2D eigenvalue weighted by Gasteiger charge is -2.22. The van der Waals surface area contributed by atoms with Gasteiger partial charge in [-0.3, -0.25) is 4.79 Å². The number of allylic oxidation sites excluding steroid dienone is 2. The second-order valence-corrected chi connectivity index (χ2v) is 11.9. The zero-order valence-corrected chi connectivity index (χ0v) is 26.4. The second kappa shape index (κ2) is 31.7. The molecule has 0 aromatic heterocycles. The summed E-state index contributed by atoms with van der Waals surface area (Å²) in [4.78, 5) is 12.2. The van der Waals surface area contributed by atoms with Crippen molar-refractivity contribution >= 4 is 5.91 Å². The highest BCUT2D eigenvalue weighted by Gasteiger charge is 2.19. The van der Waals surface area contributed by atoms with E-state index in [0.29, 0.717) is 12.8 Å². The molecule has 0 aliphatic carbocycles. The molecule has 39 heavy (non-hydrogen) atoms. The third-order valence-electron chi connectivity index (χ3n) is 8.03. The van der Waals surface area contributed by atoms with E-state index in [1.807, 2.05) is 0 Å². The van der Waals surface area contributed by atoms with Gasteiger partial charge in [-0.2, -0.15) is 0 Å². The van der Waals surface area contributed by atoms with Crippen molar-refractivity contribution < 1.29 is 15.0 Å². The van der Waals surface area contributed by atoms with Crippen LogP contribution in [0.2, 0.25) is 0 Å². The molecule has 0 bridgehead atoms. The average molecular weight is 552 g/mol. The molecule has 0 aromatic carbocycles. The van der Waals surface area contributed by atoms with Gasteiger partial charge in [0.25, 0.3) is 0 Å². The van der Waals surface area contributed by atoms with Crippen LogP contribution in [0.1, 0.15) is 187 Å². The van der Waals surface area contributed by atoms with Gasteiger partial charge in [-0.05, 0) is 32.1 Å². The maximum atomic E-state index is 12.2. The van der Waals surface area contributed by atoms with E-state index < -0.39 is 12.1 Å². The Morgan fingerprint density at radius 2 is 1.00 bits per heavy atom. The first-order valence-corrected chi connectivity index (χ1v) is 17.4. The number of hydrogen-bond donors (Lipinski definition) is 3. The number of hydrogen-bond acceptors (Lipinski definition) is 3. The van der Waals surface area contributed by atoms with Gasteiger partial charge in [-0.1, -0.05) is 161 Å². The van der Waals surface area contributed by atoms with Gasteiger partial charge in [0.15, 0.2) is 0 Å². The molecule has 0 aliphatic rings. The molecule has 1 amide bonds. The summed E-state index contributed by atoms with van der Waals surface area (Å²) >= 11 is 0. The Kier molecular flexibility index (Phi) is 30.9. The van der Waals surface area contributed by atoms with Gasteiger partial charge in [0.2, 0.25) is 5.91 Å². The van der Waals surface area contributed by atoms with Crippen LogP contribution in [0, 0.1) is 0 Å². The molecule has 0 rings (SSSR count). The van der Waals surface area contributed by atoms with Crippen molar-refractivity contribution in [3.05, 3.63) is 12.2 Å². The van der Waals surface area contributed by atoms with Crippen LogP contribution in [0.5, 0.6) is 0 Å². The Balaban J connectivity index is 3.54. The Bertz CT molecular complexity index is 522. The van der Waals surface area contributed by atoms with E-state index in [1.54, 1.807) is 0 Å². The number of rotatable bonds is 31. The monoisotopic (exact) mass is 552 g/mol. The molecule has 0 aromatic rings. The summed E-state index contributed by atoms with van der Waals surface area (Å²) < 4.78 is 0. The van der Waals surface area contributed by atoms with Gasteiger partial charge in [0.1, 0.15) is 0 Å². The number of aliphatic hydroxyl groups is 2. The predicted molar refractivity (Wildman–Crippen MR) is 170 cm³/mol. The lowest BCUT2D eigenvalue weighted by atomic mass is 10.0. The molecule has 2 unspecified atom stereocenters. The second-order valence-electron chi connectivity index (χ2n) is 11.9. The summed E-state index contributed by atoms with van der Waals surface area (Å²) in [6.07, 6.45) is 36.9. The standard InChI is InChI=1S/C35H69NO3/c1-3-5-7-9-11-13-15-16-17-18-19-20-21-22-24-26-28-30-34(38)33(32-37)36-35(39)31-29-27-25-23-14-12-10-8-6-4-2/h10,12,33-34,37-38H,3-9,11,13-32H2,1-2H3,(H,36,39)/b12-10-. The molecule has 0 aliphatic heterocycles. The molecule has 0 fully saturated rings. The molecule has 2 atom stereocenters. The van der Waals surface area contributed by atoms with Crippen LogP contribution in [0.3, 0.4) is 0 Å². The van der Waals surface area contributed by atoms with E-state index in [4.69, 9.17) is 0 Å². The van der Waals surface area contributed by atoms with Crippen LogP contribution < -0.4 is 5.32 Å². The molecule has 0 saturated heterocycles. The van der Waals surface area contributed by atoms with E-state index >= 15 is 0 Å². The molecule has 3 N–H and O–H groups in total. The summed E-state index contributed by atoms with van der Waals surface area (Å²) in [6.45, 7) is 4.30. The van der Waals surface area contributed by atoms with Crippen molar-refractivity contribution in [3.8, 4) is 0 Å². The van der Waals surface area contributed by atoms with Crippen molar-refractivity contribution in [1.82, 2.24) is 5.32 Å². The average Bonchev–Trinajstić information content (AvgIpc) is 2.94. The van der Waals surface area contributed by atoms with Gasteiger partial charge in [-0.25, -0.2) is 0 Å². The quantitative estimate of drug-likeness (QED) is 0.0593. The Hall–Kier alpha value is -0.870. The first kappa shape index (κ1) is 38.1. The van der Waals surface area contributed by atoms with E-state index in [-0.39, 0.29) is 12.5 Å². The molecule has 4 heteroatoms. The van der Waals surface area contributed by atoms with Crippen molar-refractivity contribution in [1.29, 1.82) is 0 Å². The van der Waals surface area contributed by atoms with Gasteiger partial charge in [0, 0.05) is 6.42 Å². The minimum absolute atomic E-state index is 0.0463. The Labute approximate surface area is 244 Å². The van der Waals surface area contributed by atoms with Gasteiger partial charge in [0.05, 0.1) is 18.8 Å². The molecule has 232 valence electrons. The number of unbranched alkanes of at least 4 members (excludes halogenated alkanes) is 22. The van der Waals surface area contributed by atoms with Crippen molar-refractivity contribution in [2.45, 2.75) is 199 Å². The van der Waals surface area contributed by atoms with Gasteiger partial charge in [-0.15, -0.1) is 0 Å². The molecule has 0 spiro atoms. The van der Waals surface area contributed by atoms with Crippen molar-refractivity contribution in [3.63, 3.8) is 0 Å². The SMILES string of the molecule is CCCC/C=C\CCCCCCC(=O)NC(CO)C(O)CCCCCCCCCCCCCCCCCCC. The Morgan fingerprint density at radius 1 is 0.590 bits per heavy atom. The van der Waals surface area contributed by atoms with Crippen LogP contribution in [0.15, 0.2) is 12.2 Å². The first-order chi connectivity index (χ1) is 19.2. The van der Waals surface area contributed by atoms with E-state index in [1.165, 1.54) is 122 Å². The number of aliphatic hydroxyl groups excluding tert-OH is 2. The fourth-order valence-corrected chi connectivity index (χ4v) is 5.28. The maximum absolute atomic E-state index is 12.2. The topological polar surface area (TPSA) is 69.6 Å². The van der Waals surface area contributed by atoms with Crippen molar-refractivity contribution in [2.24, 2.45) is 0 Å². The number of amides is 1. The fraction of sp³-hybridized carbons (Fsp3) is 0.914. The molecule has 4 nitrogen and oxygen atoms in total.